The summed E-state index contributed by atoms with van der Waals surface area (Å²) in [5.74, 6) is -1.04. The fourth-order valence-electron chi connectivity index (χ4n) is 2.22. The SMILES string of the molecule is COc1cc(CC(=O)O)c(S(=O)(=O)NC(C)(C)C)c(OC)c1OC. The smallest absolute Gasteiger partial charge is 0.307 e. The molecule has 1 rings (SSSR count). The van der Waals surface area contributed by atoms with Crippen LogP contribution in [0.15, 0.2) is 11.0 Å². The number of carboxylic acid groups (broad SMARTS) is 1. The summed E-state index contributed by atoms with van der Waals surface area (Å²) in [6, 6.07) is 1.33. The van der Waals surface area contributed by atoms with Crippen molar-refractivity contribution in [3.63, 3.8) is 0 Å². The highest BCUT2D eigenvalue weighted by Crippen LogP contribution is 2.44. The monoisotopic (exact) mass is 361 g/mol. The lowest BCUT2D eigenvalue weighted by Crippen LogP contribution is -2.41. The maximum absolute atomic E-state index is 12.8. The van der Waals surface area contributed by atoms with Gasteiger partial charge in [-0.2, -0.15) is 0 Å². The molecule has 0 atom stereocenters. The molecular weight excluding hydrogens is 338 g/mol. The van der Waals surface area contributed by atoms with Crippen LogP contribution in [0, 0.1) is 0 Å². The summed E-state index contributed by atoms with van der Waals surface area (Å²) in [5.41, 5.74) is -0.730. The normalized spacial score (nSPS) is 11.9. The molecule has 0 heterocycles. The van der Waals surface area contributed by atoms with Gasteiger partial charge in [0.2, 0.25) is 15.8 Å². The molecule has 24 heavy (non-hydrogen) atoms. The number of benzene rings is 1. The van der Waals surface area contributed by atoms with Gasteiger partial charge < -0.3 is 19.3 Å². The lowest BCUT2D eigenvalue weighted by atomic mass is 10.1. The Morgan fingerprint density at radius 3 is 2.04 bits per heavy atom. The predicted octanol–water partition coefficient (Wildman–Crippen LogP) is 1.42. The Morgan fingerprint density at radius 1 is 1.12 bits per heavy atom. The van der Waals surface area contributed by atoms with Crippen LogP contribution in [-0.4, -0.2) is 46.4 Å². The number of hydrogen-bond donors (Lipinski definition) is 2. The summed E-state index contributed by atoms with van der Waals surface area (Å²) in [6.07, 6.45) is -0.517. The molecule has 0 spiro atoms. The molecule has 9 heteroatoms. The standard InChI is InChI=1S/C15H23NO7S/c1-15(2,3)16-24(19,20)14-9(8-11(17)18)7-10(21-4)12(22-5)13(14)23-6/h7,16H,8H2,1-6H3,(H,17,18). The van der Waals surface area contributed by atoms with Crippen molar-refractivity contribution < 1.29 is 32.5 Å². The van der Waals surface area contributed by atoms with Crippen LogP contribution < -0.4 is 18.9 Å². The van der Waals surface area contributed by atoms with E-state index in [9.17, 15) is 13.2 Å². The van der Waals surface area contributed by atoms with Crippen LogP contribution in [-0.2, 0) is 21.2 Å². The zero-order chi connectivity index (χ0) is 18.7. The van der Waals surface area contributed by atoms with Gasteiger partial charge in [-0.05, 0) is 32.4 Å². The van der Waals surface area contributed by atoms with E-state index in [4.69, 9.17) is 19.3 Å². The summed E-state index contributed by atoms with van der Waals surface area (Å²) in [4.78, 5) is 10.9. The fraction of sp³-hybridized carbons (Fsp3) is 0.533. The minimum Gasteiger partial charge on any atom is -0.493 e. The van der Waals surface area contributed by atoms with Crippen molar-refractivity contribution in [1.82, 2.24) is 4.72 Å². The first kappa shape index (κ1) is 20.0. The molecular formula is C15H23NO7S. The van der Waals surface area contributed by atoms with Crippen molar-refractivity contribution >= 4 is 16.0 Å². The minimum atomic E-state index is -4.07. The Hall–Kier alpha value is -2.00. The van der Waals surface area contributed by atoms with Gasteiger partial charge in [-0.1, -0.05) is 0 Å². The van der Waals surface area contributed by atoms with Gasteiger partial charge in [0.05, 0.1) is 27.8 Å². The highest BCUT2D eigenvalue weighted by Gasteiger charge is 2.32. The second-order valence-corrected chi connectivity index (χ2v) is 7.68. The van der Waals surface area contributed by atoms with Crippen LogP contribution in [0.25, 0.3) is 0 Å². The fourth-order valence-corrected chi connectivity index (χ4v) is 4.03. The van der Waals surface area contributed by atoms with E-state index in [0.717, 1.165) is 0 Å². The lowest BCUT2D eigenvalue weighted by molar-refractivity contribution is -0.136. The molecule has 0 bridgehead atoms. The second kappa shape index (κ2) is 7.27. The van der Waals surface area contributed by atoms with Crippen LogP contribution in [0.4, 0.5) is 0 Å². The lowest BCUT2D eigenvalue weighted by Gasteiger charge is -2.24. The third-order valence-electron chi connectivity index (χ3n) is 2.91. The first-order chi connectivity index (χ1) is 11.0. The average molecular weight is 361 g/mol. The van der Waals surface area contributed by atoms with Crippen molar-refractivity contribution in [3.05, 3.63) is 11.6 Å². The highest BCUT2D eigenvalue weighted by molar-refractivity contribution is 7.89. The van der Waals surface area contributed by atoms with Crippen molar-refractivity contribution in [3.8, 4) is 17.2 Å². The predicted molar refractivity (Wildman–Crippen MR) is 87.5 cm³/mol. The number of hydrogen-bond acceptors (Lipinski definition) is 6. The number of ether oxygens (including phenoxy) is 3. The van der Waals surface area contributed by atoms with Crippen molar-refractivity contribution in [2.24, 2.45) is 0 Å². The summed E-state index contributed by atoms with van der Waals surface area (Å²) in [5, 5.41) is 9.12. The number of sulfonamides is 1. The summed E-state index contributed by atoms with van der Waals surface area (Å²) in [6.45, 7) is 5.03. The number of aliphatic carboxylic acids is 1. The van der Waals surface area contributed by atoms with Crippen LogP contribution in [0.2, 0.25) is 0 Å². The third-order valence-corrected chi connectivity index (χ3v) is 4.78. The van der Waals surface area contributed by atoms with Crippen molar-refractivity contribution in [2.75, 3.05) is 21.3 Å². The molecule has 0 amide bonds. The Labute approximate surface area is 141 Å². The average Bonchev–Trinajstić information content (AvgIpc) is 2.42. The molecule has 0 saturated carbocycles. The molecule has 0 fully saturated rings. The molecule has 0 aliphatic carbocycles. The largest absolute Gasteiger partial charge is 0.493 e. The highest BCUT2D eigenvalue weighted by atomic mass is 32.2. The van der Waals surface area contributed by atoms with Gasteiger partial charge >= 0.3 is 5.97 Å². The van der Waals surface area contributed by atoms with E-state index in [-0.39, 0.29) is 27.7 Å². The van der Waals surface area contributed by atoms with E-state index >= 15 is 0 Å². The molecule has 136 valence electrons. The third kappa shape index (κ3) is 4.51. The molecule has 0 radical (unpaired) electrons. The zero-order valence-corrected chi connectivity index (χ0v) is 15.4. The Morgan fingerprint density at radius 2 is 1.67 bits per heavy atom. The number of carboxylic acids is 1. The quantitative estimate of drug-likeness (QED) is 0.755. The molecule has 2 N–H and O–H groups in total. The Balaban J connectivity index is 3.80. The topological polar surface area (TPSA) is 111 Å². The second-order valence-electron chi connectivity index (χ2n) is 6.06. The van der Waals surface area contributed by atoms with E-state index in [1.54, 1.807) is 20.8 Å². The molecule has 0 unspecified atom stereocenters. The van der Waals surface area contributed by atoms with Crippen LogP contribution in [0.1, 0.15) is 26.3 Å². The molecule has 1 aromatic rings. The molecule has 0 aliphatic rings. The van der Waals surface area contributed by atoms with E-state index in [2.05, 4.69) is 4.72 Å². The first-order valence-electron chi connectivity index (χ1n) is 7.04. The van der Waals surface area contributed by atoms with Crippen LogP contribution in [0.5, 0.6) is 17.2 Å². The number of rotatable bonds is 7. The minimum absolute atomic E-state index is 0.0359. The van der Waals surface area contributed by atoms with Crippen molar-refractivity contribution in [1.29, 1.82) is 0 Å². The number of methoxy groups -OCH3 is 3. The Bertz CT molecular complexity index is 720. The van der Waals surface area contributed by atoms with Gasteiger partial charge in [0, 0.05) is 5.54 Å². The molecule has 0 aromatic heterocycles. The molecule has 1 aromatic carbocycles. The zero-order valence-electron chi connectivity index (χ0n) is 14.6. The number of carbonyl (C=O) groups is 1. The van der Waals surface area contributed by atoms with E-state index < -0.39 is 28.0 Å². The molecule has 8 nitrogen and oxygen atoms in total. The maximum atomic E-state index is 12.8. The molecule has 0 aliphatic heterocycles. The number of nitrogens with one attached hydrogen (secondary N) is 1. The maximum Gasteiger partial charge on any atom is 0.307 e. The first-order valence-corrected chi connectivity index (χ1v) is 8.52. The van der Waals surface area contributed by atoms with E-state index in [1.807, 2.05) is 0 Å². The van der Waals surface area contributed by atoms with Gasteiger partial charge in [0.15, 0.2) is 11.5 Å². The Kier molecular flexibility index (Phi) is 6.07. The summed E-state index contributed by atoms with van der Waals surface area (Å²) in [7, 11) is -0.0901. The van der Waals surface area contributed by atoms with Crippen LogP contribution >= 0.6 is 0 Å². The van der Waals surface area contributed by atoms with Crippen molar-refractivity contribution in [2.45, 2.75) is 37.6 Å². The summed E-state index contributed by atoms with van der Waals surface area (Å²) >= 11 is 0. The van der Waals surface area contributed by atoms with Gasteiger partial charge in [-0.15, -0.1) is 0 Å². The molecule has 0 saturated heterocycles. The van der Waals surface area contributed by atoms with E-state index in [0.29, 0.717) is 0 Å². The van der Waals surface area contributed by atoms with Crippen LogP contribution in [0.3, 0.4) is 0 Å². The van der Waals surface area contributed by atoms with E-state index in [1.165, 1.54) is 27.4 Å². The summed E-state index contributed by atoms with van der Waals surface area (Å²) < 4.78 is 43.7. The van der Waals surface area contributed by atoms with Gasteiger partial charge in [-0.25, -0.2) is 13.1 Å². The van der Waals surface area contributed by atoms with Gasteiger partial charge in [-0.3, -0.25) is 4.79 Å². The van der Waals surface area contributed by atoms with Gasteiger partial charge in [0.25, 0.3) is 0 Å². The van der Waals surface area contributed by atoms with Gasteiger partial charge in [0.1, 0.15) is 4.90 Å².